The number of hydrogen-bond acceptors (Lipinski definition) is 2. The van der Waals surface area contributed by atoms with Crippen molar-refractivity contribution in [2.45, 2.75) is 13.0 Å². The van der Waals surface area contributed by atoms with E-state index in [9.17, 15) is 9.59 Å². The van der Waals surface area contributed by atoms with Crippen LogP contribution in [0.2, 0.25) is 0 Å². The van der Waals surface area contributed by atoms with Crippen LogP contribution in [-0.2, 0) is 9.59 Å². The number of carbonyl (C=O) groups excluding carboxylic acids is 2. The minimum Gasteiger partial charge on any atom is -0.341 e. The zero-order chi connectivity index (χ0) is 8.27. The molecular weight excluding hydrogens is 144 g/mol. The Labute approximate surface area is 65.8 Å². The van der Waals surface area contributed by atoms with Gasteiger partial charge >= 0.3 is 0 Å². The molecule has 4 heteroatoms. The van der Waals surface area contributed by atoms with Gasteiger partial charge in [0, 0.05) is 25.7 Å². The number of nitrogens with zero attached hydrogens (tertiary/aromatic N) is 2. The summed E-state index contributed by atoms with van der Waals surface area (Å²) < 4.78 is 0. The average Bonchev–Trinajstić information content (AvgIpc) is 2.04. The lowest BCUT2D eigenvalue weighted by atomic mass is 10.2. The summed E-state index contributed by atoms with van der Waals surface area (Å²) in [6.07, 6.45) is 1.67. The Hall–Kier alpha value is -1.06. The molecule has 0 spiro atoms. The molecule has 1 heterocycles. The standard InChI is InChI=1S/C7H12N2O2/c1-7-4-8(5-10)2-3-9(7)6-11/h5-7H,2-4H2,1H3. The van der Waals surface area contributed by atoms with Gasteiger partial charge in [0.05, 0.1) is 0 Å². The van der Waals surface area contributed by atoms with E-state index in [1.54, 1.807) is 9.80 Å². The van der Waals surface area contributed by atoms with Gasteiger partial charge in [-0.25, -0.2) is 0 Å². The fraction of sp³-hybridized carbons (Fsp3) is 0.714. The van der Waals surface area contributed by atoms with E-state index in [0.29, 0.717) is 19.6 Å². The highest BCUT2D eigenvalue weighted by Crippen LogP contribution is 2.04. The summed E-state index contributed by atoms with van der Waals surface area (Å²) in [7, 11) is 0. The summed E-state index contributed by atoms with van der Waals surface area (Å²) in [5.74, 6) is 0. The van der Waals surface area contributed by atoms with Crippen LogP contribution in [0.25, 0.3) is 0 Å². The Kier molecular flexibility index (Phi) is 2.46. The summed E-state index contributed by atoms with van der Waals surface area (Å²) in [4.78, 5) is 24.1. The maximum absolute atomic E-state index is 10.4. The first kappa shape index (κ1) is 8.04. The van der Waals surface area contributed by atoms with E-state index in [1.807, 2.05) is 6.92 Å². The van der Waals surface area contributed by atoms with Crippen LogP contribution in [0.1, 0.15) is 6.92 Å². The van der Waals surface area contributed by atoms with Gasteiger partial charge in [-0.1, -0.05) is 0 Å². The van der Waals surface area contributed by atoms with Crippen molar-refractivity contribution in [1.29, 1.82) is 0 Å². The lowest BCUT2D eigenvalue weighted by molar-refractivity contribution is -0.128. The van der Waals surface area contributed by atoms with Gasteiger partial charge in [0.2, 0.25) is 12.8 Å². The Morgan fingerprint density at radius 1 is 1.27 bits per heavy atom. The van der Waals surface area contributed by atoms with E-state index in [2.05, 4.69) is 0 Å². The van der Waals surface area contributed by atoms with E-state index in [-0.39, 0.29) is 6.04 Å². The normalized spacial score (nSPS) is 25.0. The van der Waals surface area contributed by atoms with Crippen molar-refractivity contribution in [3.63, 3.8) is 0 Å². The van der Waals surface area contributed by atoms with Crippen LogP contribution in [0.3, 0.4) is 0 Å². The second-order valence-electron chi connectivity index (χ2n) is 2.79. The SMILES string of the molecule is CC1CN(C=O)CCN1C=O. The van der Waals surface area contributed by atoms with Crippen LogP contribution < -0.4 is 0 Å². The lowest BCUT2D eigenvalue weighted by Crippen LogP contribution is -2.50. The lowest BCUT2D eigenvalue weighted by Gasteiger charge is -2.35. The minimum absolute atomic E-state index is 0.159. The molecule has 1 rings (SSSR count). The molecule has 1 fully saturated rings. The summed E-state index contributed by atoms with van der Waals surface area (Å²) in [6, 6.07) is 0.159. The minimum atomic E-state index is 0.159. The highest BCUT2D eigenvalue weighted by Gasteiger charge is 2.20. The highest BCUT2D eigenvalue weighted by atomic mass is 16.1. The van der Waals surface area contributed by atoms with Gasteiger partial charge in [-0.3, -0.25) is 9.59 Å². The molecule has 0 aromatic carbocycles. The third kappa shape index (κ3) is 1.69. The Bertz CT molecular complexity index is 161. The van der Waals surface area contributed by atoms with Crippen molar-refractivity contribution in [3.8, 4) is 0 Å². The second-order valence-corrected chi connectivity index (χ2v) is 2.79. The summed E-state index contributed by atoms with van der Waals surface area (Å²) >= 11 is 0. The smallest absolute Gasteiger partial charge is 0.210 e. The first-order chi connectivity index (χ1) is 5.27. The molecule has 1 unspecified atom stereocenters. The van der Waals surface area contributed by atoms with Crippen molar-refractivity contribution in [3.05, 3.63) is 0 Å². The largest absolute Gasteiger partial charge is 0.341 e. The van der Waals surface area contributed by atoms with Crippen molar-refractivity contribution < 1.29 is 9.59 Å². The molecule has 0 aromatic rings. The Balaban J connectivity index is 2.46. The Morgan fingerprint density at radius 3 is 2.45 bits per heavy atom. The molecule has 4 nitrogen and oxygen atoms in total. The predicted octanol–water partition coefficient (Wildman–Crippen LogP) is -0.695. The van der Waals surface area contributed by atoms with Crippen LogP contribution >= 0.6 is 0 Å². The molecule has 62 valence electrons. The monoisotopic (exact) mass is 156 g/mol. The quantitative estimate of drug-likeness (QED) is 0.496. The van der Waals surface area contributed by atoms with E-state index < -0.39 is 0 Å². The van der Waals surface area contributed by atoms with Crippen molar-refractivity contribution in [2.24, 2.45) is 0 Å². The number of carbonyl (C=O) groups is 2. The number of rotatable bonds is 2. The number of amides is 2. The third-order valence-electron chi connectivity index (χ3n) is 1.99. The fourth-order valence-electron chi connectivity index (χ4n) is 1.25. The molecule has 11 heavy (non-hydrogen) atoms. The number of piperazine rings is 1. The molecule has 1 atom stereocenters. The third-order valence-corrected chi connectivity index (χ3v) is 1.99. The maximum Gasteiger partial charge on any atom is 0.210 e. The molecular formula is C7H12N2O2. The maximum atomic E-state index is 10.4. The second kappa shape index (κ2) is 3.37. The van der Waals surface area contributed by atoms with Crippen molar-refractivity contribution in [2.75, 3.05) is 19.6 Å². The van der Waals surface area contributed by atoms with E-state index in [0.717, 1.165) is 12.8 Å². The van der Waals surface area contributed by atoms with E-state index >= 15 is 0 Å². The molecule has 0 saturated carbocycles. The molecule has 0 N–H and O–H groups in total. The predicted molar refractivity (Wildman–Crippen MR) is 39.9 cm³/mol. The first-order valence-electron chi connectivity index (χ1n) is 3.68. The topological polar surface area (TPSA) is 40.6 Å². The zero-order valence-electron chi connectivity index (χ0n) is 6.56. The van der Waals surface area contributed by atoms with Crippen LogP contribution in [-0.4, -0.2) is 48.3 Å². The molecule has 0 radical (unpaired) electrons. The first-order valence-corrected chi connectivity index (χ1v) is 3.68. The van der Waals surface area contributed by atoms with Crippen LogP contribution in [0.5, 0.6) is 0 Å². The van der Waals surface area contributed by atoms with Gasteiger partial charge in [0.25, 0.3) is 0 Å². The number of hydrogen-bond donors (Lipinski definition) is 0. The molecule has 1 aliphatic heterocycles. The Morgan fingerprint density at radius 2 is 2.00 bits per heavy atom. The molecule has 1 aliphatic rings. The average molecular weight is 156 g/mol. The van der Waals surface area contributed by atoms with Crippen LogP contribution in [0, 0.1) is 0 Å². The van der Waals surface area contributed by atoms with Gasteiger partial charge in [0.15, 0.2) is 0 Å². The highest BCUT2D eigenvalue weighted by molar-refractivity contribution is 5.51. The molecule has 1 saturated heterocycles. The molecule has 0 bridgehead atoms. The fourth-order valence-corrected chi connectivity index (χ4v) is 1.25. The van der Waals surface area contributed by atoms with Crippen LogP contribution in [0.15, 0.2) is 0 Å². The zero-order valence-corrected chi connectivity index (χ0v) is 6.56. The van der Waals surface area contributed by atoms with Crippen LogP contribution in [0.4, 0.5) is 0 Å². The van der Waals surface area contributed by atoms with Crippen molar-refractivity contribution >= 4 is 12.8 Å². The molecule has 0 aromatic heterocycles. The summed E-state index contributed by atoms with van der Waals surface area (Å²) in [5.41, 5.74) is 0. The van der Waals surface area contributed by atoms with Gasteiger partial charge in [-0.05, 0) is 6.92 Å². The van der Waals surface area contributed by atoms with Crippen molar-refractivity contribution in [1.82, 2.24) is 9.80 Å². The summed E-state index contributed by atoms with van der Waals surface area (Å²) in [5, 5.41) is 0. The van der Waals surface area contributed by atoms with E-state index in [4.69, 9.17) is 0 Å². The van der Waals surface area contributed by atoms with Gasteiger partial charge in [-0.2, -0.15) is 0 Å². The van der Waals surface area contributed by atoms with E-state index in [1.165, 1.54) is 0 Å². The molecule has 0 aliphatic carbocycles. The van der Waals surface area contributed by atoms with Gasteiger partial charge < -0.3 is 9.80 Å². The summed E-state index contributed by atoms with van der Waals surface area (Å²) in [6.45, 7) is 3.91. The van der Waals surface area contributed by atoms with Gasteiger partial charge in [0.1, 0.15) is 0 Å². The molecule has 2 amide bonds. The van der Waals surface area contributed by atoms with Gasteiger partial charge in [-0.15, -0.1) is 0 Å².